The summed E-state index contributed by atoms with van der Waals surface area (Å²) in [7, 11) is 1.45. The highest BCUT2D eigenvalue weighted by molar-refractivity contribution is 7.47. The van der Waals surface area contributed by atoms with E-state index in [1.807, 2.05) is 21.1 Å². The van der Waals surface area contributed by atoms with Crippen molar-refractivity contribution in [3.63, 3.8) is 0 Å². The molecule has 0 saturated heterocycles. The minimum absolute atomic E-state index is 0.0258. The molecule has 1 amide bonds. The van der Waals surface area contributed by atoms with Gasteiger partial charge in [-0.15, -0.1) is 0 Å². The summed E-state index contributed by atoms with van der Waals surface area (Å²) in [6.45, 7) is 4.64. The minimum Gasteiger partial charge on any atom is -0.390 e. The van der Waals surface area contributed by atoms with E-state index in [0.29, 0.717) is 23.9 Å². The molecule has 0 radical (unpaired) electrons. The second kappa shape index (κ2) is 41.5. The topological polar surface area (TPSA) is 125 Å². The van der Waals surface area contributed by atoms with Gasteiger partial charge in [-0.1, -0.05) is 232 Å². The molecule has 0 bridgehead atoms. The van der Waals surface area contributed by atoms with E-state index in [4.69, 9.17) is 9.05 Å². The number of carbonyl (C=O) groups is 1. The number of nitrogens with zero attached hydrogens (tertiary/aromatic N) is 1. The van der Waals surface area contributed by atoms with Crippen LogP contribution in [-0.2, 0) is 18.4 Å². The van der Waals surface area contributed by atoms with Gasteiger partial charge in [0.25, 0.3) is 0 Å². The Morgan fingerprint density at radius 1 is 0.525 bits per heavy atom. The summed E-state index contributed by atoms with van der Waals surface area (Å²) in [6, 6.07) is -1.03. The van der Waals surface area contributed by atoms with E-state index >= 15 is 0 Å². The fourth-order valence-corrected chi connectivity index (χ4v) is 8.59. The molecule has 4 atom stereocenters. The lowest BCUT2D eigenvalue weighted by Crippen LogP contribution is -2.51. The molecule has 0 rings (SSSR count). The van der Waals surface area contributed by atoms with E-state index in [-0.39, 0.29) is 12.5 Å². The molecule has 354 valence electrons. The van der Waals surface area contributed by atoms with Gasteiger partial charge in [0, 0.05) is 6.42 Å². The summed E-state index contributed by atoms with van der Waals surface area (Å²) in [5.74, 6) is -0.252. The zero-order valence-corrected chi connectivity index (χ0v) is 40.8. The molecule has 0 aromatic rings. The summed E-state index contributed by atoms with van der Waals surface area (Å²) < 4.78 is 23.6. The number of quaternary nitrogens is 1. The Balaban J connectivity index is 4.26. The largest absolute Gasteiger partial charge is 0.472 e. The van der Waals surface area contributed by atoms with Crippen LogP contribution in [0, 0.1) is 0 Å². The summed E-state index contributed by atoms with van der Waals surface area (Å²) in [4.78, 5) is 23.2. The summed E-state index contributed by atoms with van der Waals surface area (Å²) in [6.07, 6.45) is 43.1. The maximum Gasteiger partial charge on any atom is 0.472 e. The van der Waals surface area contributed by atoms with Gasteiger partial charge in [0.05, 0.1) is 39.9 Å². The van der Waals surface area contributed by atoms with Crippen molar-refractivity contribution in [2.24, 2.45) is 0 Å². The highest BCUT2D eigenvalue weighted by Crippen LogP contribution is 2.43. The molecule has 0 aliphatic carbocycles. The normalized spacial score (nSPS) is 14.6. The monoisotopic (exact) mass is 862 g/mol. The average molecular weight is 862 g/mol. The lowest BCUT2D eigenvalue weighted by Gasteiger charge is -2.28. The van der Waals surface area contributed by atoms with Gasteiger partial charge < -0.3 is 24.9 Å². The molecule has 9 nitrogen and oxygen atoms in total. The van der Waals surface area contributed by atoms with Gasteiger partial charge >= 0.3 is 7.82 Å². The second-order valence-corrected chi connectivity index (χ2v) is 20.5. The molecular weight excluding hydrogens is 760 g/mol. The fourth-order valence-electron chi connectivity index (χ4n) is 7.85. The van der Waals surface area contributed by atoms with Crippen LogP contribution in [-0.4, -0.2) is 84.6 Å². The number of phosphoric acid groups is 1. The van der Waals surface area contributed by atoms with Gasteiger partial charge in [0.1, 0.15) is 19.3 Å². The molecule has 4 unspecified atom stereocenters. The number of likely N-dealkylation sites (N-methyl/N-ethyl adjacent to an activating group) is 1. The Morgan fingerprint density at radius 2 is 0.847 bits per heavy atom. The molecule has 0 heterocycles. The second-order valence-electron chi connectivity index (χ2n) is 19.0. The zero-order chi connectivity index (χ0) is 43.7. The third kappa shape index (κ3) is 42.5. The molecule has 0 aliphatic heterocycles. The van der Waals surface area contributed by atoms with Crippen LogP contribution >= 0.6 is 7.82 Å². The van der Waals surface area contributed by atoms with E-state index in [2.05, 4.69) is 19.2 Å². The van der Waals surface area contributed by atoms with E-state index in [1.165, 1.54) is 186 Å². The maximum atomic E-state index is 13.0. The molecule has 0 saturated carbocycles. The first kappa shape index (κ1) is 58.5. The minimum atomic E-state index is -4.41. The Hall–Kier alpha value is -0.540. The van der Waals surface area contributed by atoms with Crippen LogP contribution in [0.1, 0.15) is 251 Å². The van der Waals surface area contributed by atoms with Crippen LogP contribution in [0.4, 0.5) is 0 Å². The van der Waals surface area contributed by atoms with Crippen molar-refractivity contribution in [1.29, 1.82) is 0 Å². The molecule has 4 N–H and O–H groups in total. The van der Waals surface area contributed by atoms with Gasteiger partial charge in [-0.2, -0.15) is 0 Å². The van der Waals surface area contributed by atoms with Crippen molar-refractivity contribution >= 4 is 13.7 Å². The Morgan fingerprint density at radius 3 is 1.19 bits per heavy atom. The third-order valence-corrected chi connectivity index (χ3v) is 12.9. The molecular formula is C49H102N2O7P+. The molecule has 0 spiro atoms. The number of aliphatic hydroxyl groups excluding tert-OH is 2. The van der Waals surface area contributed by atoms with Crippen molar-refractivity contribution in [3.05, 3.63) is 0 Å². The molecule has 10 heteroatoms. The van der Waals surface area contributed by atoms with Crippen molar-refractivity contribution in [1.82, 2.24) is 5.32 Å². The third-order valence-electron chi connectivity index (χ3n) is 11.9. The quantitative estimate of drug-likeness (QED) is 0.0273. The van der Waals surface area contributed by atoms with Crippen molar-refractivity contribution in [2.75, 3.05) is 40.9 Å². The summed E-state index contributed by atoms with van der Waals surface area (Å²) in [5, 5.41) is 24.7. The van der Waals surface area contributed by atoms with Crippen molar-refractivity contribution < 1.29 is 38.0 Å². The maximum absolute atomic E-state index is 13.0. The van der Waals surface area contributed by atoms with Crippen LogP contribution in [0.25, 0.3) is 0 Å². The first-order chi connectivity index (χ1) is 28.4. The van der Waals surface area contributed by atoms with Gasteiger partial charge in [0.15, 0.2) is 0 Å². The zero-order valence-electron chi connectivity index (χ0n) is 39.9. The summed E-state index contributed by atoms with van der Waals surface area (Å²) >= 11 is 0. The van der Waals surface area contributed by atoms with Crippen LogP contribution in [0.5, 0.6) is 0 Å². The van der Waals surface area contributed by atoms with E-state index in [9.17, 15) is 24.5 Å². The number of phosphoric ester groups is 1. The SMILES string of the molecule is CCCCCCCCCCCCCCCCCCCCCCCCCC(=O)NC(COP(=O)(O)OCC[N+](C)(C)C)C(O)C(O)CCCCCCCCCCCCCC. The van der Waals surface area contributed by atoms with Crippen LogP contribution in [0.15, 0.2) is 0 Å². The Kier molecular flexibility index (Phi) is 41.1. The van der Waals surface area contributed by atoms with Crippen LogP contribution < -0.4 is 5.32 Å². The van der Waals surface area contributed by atoms with E-state index in [0.717, 1.165) is 38.5 Å². The standard InChI is InChI=1S/C49H101N2O7P/c1-6-8-10-12-14-16-18-20-21-22-23-24-25-26-27-28-29-30-32-34-36-38-40-42-48(53)50-46(45-58-59(55,56)57-44-43-51(3,4)5)49(54)47(52)41-39-37-35-33-31-19-17-15-13-11-9-7-2/h46-47,49,52,54H,6-45H2,1-5H3,(H-,50,53,55,56)/p+1. The predicted molar refractivity (Wildman–Crippen MR) is 251 cm³/mol. The number of hydrogen-bond donors (Lipinski definition) is 4. The number of nitrogens with one attached hydrogen (secondary N) is 1. The lowest BCUT2D eigenvalue weighted by atomic mass is 9.99. The number of aliphatic hydroxyl groups is 2. The lowest BCUT2D eigenvalue weighted by molar-refractivity contribution is -0.870. The molecule has 0 fully saturated rings. The Bertz CT molecular complexity index is 950. The van der Waals surface area contributed by atoms with Crippen molar-refractivity contribution in [3.8, 4) is 0 Å². The van der Waals surface area contributed by atoms with E-state index in [1.54, 1.807) is 0 Å². The van der Waals surface area contributed by atoms with Crippen molar-refractivity contribution in [2.45, 2.75) is 270 Å². The summed E-state index contributed by atoms with van der Waals surface area (Å²) in [5.41, 5.74) is 0. The van der Waals surface area contributed by atoms with Crippen LogP contribution in [0.3, 0.4) is 0 Å². The smallest absolute Gasteiger partial charge is 0.390 e. The van der Waals surface area contributed by atoms with Gasteiger partial charge in [-0.3, -0.25) is 13.8 Å². The van der Waals surface area contributed by atoms with Gasteiger partial charge in [0.2, 0.25) is 5.91 Å². The van der Waals surface area contributed by atoms with Crippen LogP contribution in [0.2, 0.25) is 0 Å². The van der Waals surface area contributed by atoms with E-state index < -0.39 is 32.7 Å². The molecule has 0 aliphatic rings. The number of amides is 1. The first-order valence-corrected chi connectivity index (χ1v) is 27.0. The number of unbranched alkanes of at least 4 members (excludes halogenated alkanes) is 33. The fraction of sp³-hybridized carbons (Fsp3) is 0.980. The highest BCUT2D eigenvalue weighted by atomic mass is 31.2. The molecule has 59 heavy (non-hydrogen) atoms. The number of hydrogen-bond acceptors (Lipinski definition) is 6. The van der Waals surface area contributed by atoms with Gasteiger partial charge in [-0.25, -0.2) is 4.57 Å². The predicted octanol–water partition coefficient (Wildman–Crippen LogP) is 13.5. The average Bonchev–Trinajstić information content (AvgIpc) is 3.19. The molecule has 0 aromatic heterocycles. The first-order valence-electron chi connectivity index (χ1n) is 25.5. The molecule has 0 aromatic carbocycles. The number of rotatable bonds is 47. The number of carbonyl (C=O) groups excluding carboxylic acids is 1. The Labute approximate surface area is 366 Å². The van der Waals surface area contributed by atoms with Gasteiger partial charge in [-0.05, 0) is 12.8 Å². The highest BCUT2D eigenvalue weighted by Gasteiger charge is 2.31.